The van der Waals surface area contributed by atoms with Gasteiger partial charge in [-0.1, -0.05) is 6.92 Å². The van der Waals surface area contributed by atoms with E-state index in [4.69, 9.17) is 9.84 Å². The van der Waals surface area contributed by atoms with Gasteiger partial charge in [-0.3, -0.25) is 9.79 Å². The van der Waals surface area contributed by atoms with Crippen LogP contribution in [0.5, 0.6) is 0 Å². The minimum Gasteiger partial charge on any atom is -0.466 e. The molecule has 6 nitrogen and oxygen atoms in total. The zero-order chi connectivity index (χ0) is 15.7. The summed E-state index contributed by atoms with van der Waals surface area (Å²) in [5.41, 5.74) is 0. The van der Waals surface area contributed by atoms with E-state index in [1.54, 1.807) is 0 Å². The summed E-state index contributed by atoms with van der Waals surface area (Å²) in [6.07, 6.45) is 1.61. The van der Waals surface area contributed by atoms with Crippen molar-refractivity contribution >= 4 is 35.9 Å². The molecule has 7 heteroatoms. The number of likely N-dealkylation sites (tertiary alicyclic amines) is 1. The van der Waals surface area contributed by atoms with E-state index in [1.807, 2.05) is 20.8 Å². The molecule has 22 heavy (non-hydrogen) atoms. The normalized spacial score (nSPS) is 17.6. The maximum Gasteiger partial charge on any atom is 0.309 e. The molecule has 0 saturated carbocycles. The molecule has 1 saturated heterocycles. The van der Waals surface area contributed by atoms with Crippen molar-refractivity contribution in [3.63, 3.8) is 0 Å². The van der Waals surface area contributed by atoms with Gasteiger partial charge in [-0.2, -0.15) is 0 Å². The molecule has 0 bridgehead atoms. The van der Waals surface area contributed by atoms with Gasteiger partial charge >= 0.3 is 5.97 Å². The van der Waals surface area contributed by atoms with Crippen molar-refractivity contribution in [1.29, 1.82) is 0 Å². The Morgan fingerprint density at radius 3 is 2.55 bits per heavy atom. The number of aliphatic hydroxyl groups excluding tert-OH is 1. The van der Waals surface area contributed by atoms with Crippen LogP contribution in [0.4, 0.5) is 0 Å². The van der Waals surface area contributed by atoms with Crippen molar-refractivity contribution in [2.75, 3.05) is 39.4 Å². The van der Waals surface area contributed by atoms with Gasteiger partial charge in [-0.05, 0) is 32.6 Å². The Hall–Kier alpha value is -0.570. The molecule has 1 aliphatic rings. The van der Waals surface area contributed by atoms with E-state index in [9.17, 15) is 4.79 Å². The van der Waals surface area contributed by atoms with Crippen LogP contribution in [-0.4, -0.2) is 61.3 Å². The van der Waals surface area contributed by atoms with E-state index in [2.05, 4.69) is 15.2 Å². The largest absolute Gasteiger partial charge is 0.466 e. The van der Waals surface area contributed by atoms with Crippen LogP contribution in [0.15, 0.2) is 4.99 Å². The van der Waals surface area contributed by atoms with Gasteiger partial charge in [0.1, 0.15) is 0 Å². The molecule has 2 N–H and O–H groups in total. The molecule has 0 aliphatic carbocycles. The van der Waals surface area contributed by atoms with E-state index in [0.29, 0.717) is 13.2 Å². The minimum absolute atomic E-state index is 0. The average molecular weight is 427 g/mol. The number of ether oxygens (including phenoxy) is 1. The van der Waals surface area contributed by atoms with Crippen molar-refractivity contribution < 1.29 is 14.6 Å². The van der Waals surface area contributed by atoms with Gasteiger partial charge < -0.3 is 20.1 Å². The Morgan fingerprint density at radius 1 is 1.41 bits per heavy atom. The van der Waals surface area contributed by atoms with Crippen molar-refractivity contribution in [2.45, 2.75) is 33.6 Å². The molecule has 1 rings (SSSR count). The highest BCUT2D eigenvalue weighted by molar-refractivity contribution is 14.0. The first kappa shape index (κ1) is 21.4. The third-order valence-electron chi connectivity index (χ3n) is 3.61. The third kappa shape index (κ3) is 7.13. The molecule has 1 heterocycles. The highest BCUT2D eigenvalue weighted by Gasteiger charge is 2.27. The van der Waals surface area contributed by atoms with Crippen molar-refractivity contribution in [3.05, 3.63) is 0 Å². The minimum atomic E-state index is -0.0759. The Bertz CT molecular complexity index is 345. The third-order valence-corrected chi connectivity index (χ3v) is 3.61. The quantitative estimate of drug-likeness (QED) is 0.291. The Morgan fingerprint density at radius 2 is 2.05 bits per heavy atom. The molecule has 0 spiro atoms. The number of carbonyl (C=O) groups excluding carboxylic acids is 1. The number of carbonyl (C=O) groups is 1. The van der Waals surface area contributed by atoms with Crippen LogP contribution in [0.1, 0.15) is 33.6 Å². The summed E-state index contributed by atoms with van der Waals surface area (Å²) in [5, 5.41) is 12.4. The molecule has 1 aliphatic heterocycles. The highest BCUT2D eigenvalue weighted by atomic mass is 127. The lowest BCUT2D eigenvalue weighted by atomic mass is 9.97. The first-order valence-electron chi connectivity index (χ1n) is 7.93. The topological polar surface area (TPSA) is 74.2 Å². The standard InChI is InChI=1S/C15H29N3O3.HI/c1-4-16-15(17-10-12(3)11-19)18-8-6-13(7-9-18)14(20)21-5-2;/h12-13,19H,4-11H2,1-3H3,(H,16,17);1H. The molecule has 1 fully saturated rings. The van der Waals surface area contributed by atoms with Gasteiger partial charge in [-0.15, -0.1) is 24.0 Å². The van der Waals surface area contributed by atoms with Crippen LogP contribution >= 0.6 is 24.0 Å². The summed E-state index contributed by atoms with van der Waals surface area (Å²) in [6, 6.07) is 0. The van der Waals surface area contributed by atoms with Gasteiger partial charge in [0, 0.05) is 32.8 Å². The Balaban J connectivity index is 0.00000441. The highest BCUT2D eigenvalue weighted by Crippen LogP contribution is 2.18. The summed E-state index contributed by atoms with van der Waals surface area (Å²) >= 11 is 0. The fourth-order valence-corrected chi connectivity index (χ4v) is 2.31. The molecule has 130 valence electrons. The molecule has 0 radical (unpaired) electrons. The van der Waals surface area contributed by atoms with Crippen LogP contribution in [0.25, 0.3) is 0 Å². The smallest absolute Gasteiger partial charge is 0.309 e. The number of aliphatic hydroxyl groups is 1. The maximum absolute atomic E-state index is 11.7. The van der Waals surface area contributed by atoms with Crippen LogP contribution in [0.2, 0.25) is 0 Å². The number of nitrogens with one attached hydrogen (secondary N) is 1. The van der Waals surface area contributed by atoms with Gasteiger partial charge in [-0.25, -0.2) is 0 Å². The second-order valence-electron chi connectivity index (χ2n) is 5.50. The lowest BCUT2D eigenvalue weighted by Crippen LogP contribution is -2.47. The maximum atomic E-state index is 11.7. The van der Waals surface area contributed by atoms with Gasteiger partial charge in [0.25, 0.3) is 0 Å². The van der Waals surface area contributed by atoms with Gasteiger partial charge in [0.15, 0.2) is 5.96 Å². The number of rotatable bonds is 6. The van der Waals surface area contributed by atoms with E-state index < -0.39 is 0 Å². The molecule has 0 aromatic rings. The van der Waals surface area contributed by atoms with Crippen molar-refractivity contribution in [2.24, 2.45) is 16.8 Å². The van der Waals surface area contributed by atoms with Crippen molar-refractivity contribution in [1.82, 2.24) is 10.2 Å². The van der Waals surface area contributed by atoms with Crippen LogP contribution in [0.3, 0.4) is 0 Å². The second-order valence-corrected chi connectivity index (χ2v) is 5.50. The summed E-state index contributed by atoms with van der Waals surface area (Å²) in [5.74, 6) is 0.976. The number of halogens is 1. The molecular weight excluding hydrogens is 397 g/mol. The second kappa shape index (κ2) is 11.9. The molecule has 1 unspecified atom stereocenters. The number of esters is 1. The van der Waals surface area contributed by atoms with Gasteiger partial charge in [0.05, 0.1) is 12.5 Å². The summed E-state index contributed by atoms with van der Waals surface area (Å²) in [4.78, 5) is 18.5. The van der Waals surface area contributed by atoms with E-state index in [0.717, 1.165) is 38.4 Å². The summed E-state index contributed by atoms with van der Waals surface area (Å²) < 4.78 is 5.09. The number of guanidine groups is 1. The Labute approximate surface area is 150 Å². The zero-order valence-corrected chi connectivity index (χ0v) is 16.2. The fraction of sp³-hybridized carbons (Fsp3) is 0.867. The predicted molar refractivity (Wildman–Crippen MR) is 98.6 cm³/mol. The average Bonchev–Trinajstić information content (AvgIpc) is 2.51. The van der Waals surface area contributed by atoms with E-state index >= 15 is 0 Å². The summed E-state index contributed by atoms with van der Waals surface area (Å²) in [6.45, 7) is 9.48. The van der Waals surface area contributed by atoms with Crippen LogP contribution < -0.4 is 5.32 Å². The predicted octanol–water partition coefficient (Wildman–Crippen LogP) is 1.47. The van der Waals surface area contributed by atoms with Crippen molar-refractivity contribution in [3.8, 4) is 0 Å². The molecule has 1 atom stereocenters. The number of hydrogen-bond acceptors (Lipinski definition) is 4. The van der Waals surface area contributed by atoms with Crippen LogP contribution in [0, 0.1) is 11.8 Å². The number of piperidine rings is 1. The van der Waals surface area contributed by atoms with E-state index in [1.165, 1.54) is 0 Å². The van der Waals surface area contributed by atoms with Gasteiger partial charge in [0.2, 0.25) is 0 Å². The number of aliphatic imine (C=N–C) groups is 1. The Kier molecular flexibility index (Phi) is 11.6. The lowest BCUT2D eigenvalue weighted by molar-refractivity contribution is -0.149. The molecular formula is C15H30IN3O3. The number of nitrogens with zero attached hydrogens (tertiary/aromatic N) is 2. The first-order valence-corrected chi connectivity index (χ1v) is 7.93. The molecule has 0 aromatic heterocycles. The SMILES string of the molecule is CCNC(=NCC(C)CO)N1CCC(C(=O)OCC)CC1.I. The number of hydrogen-bond donors (Lipinski definition) is 2. The zero-order valence-electron chi connectivity index (χ0n) is 13.9. The first-order chi connectivity index (χ1) is 10.1. The molecule has 0 aromatic carbocycles. The molecule has 0 amide bonds. The monoisotopic (exact) mass is 427 g/mol. The van der Waals surface area contributed by atoms with Crippen LogP contribution in [-0.2, 0) is 9.53 Å². The van der Waals surface area contributed by atoms with E-state index in [-0.39, 0.29) is 48.4 Å². The summed E-state index contributed by atoms with van der Waals surface area (Å²) in [7, 11) is 0. The fourth-order valence-electron chi connectivity index (χ4n) is 2.31. The lowest BCUT2D eigenvalue weighted by Gasteiger charge is -2.33.